The van der Waals surface area contributed by atoms with Gasteiger partial charge in [-0.3, -0.25) is 4.79 Å². The summed E-state index contributed by atoms with van der Waals surface area (Å²) in [5, 5.41) is 0. The van der Waals surface area contributed by atoms with Crippen LogP contribution in [-0.4, -0.2) is 18.3 Å². The van der Waals surface area contributed by atoms with Crippen LogP contribution in [0.5, 0.6) is 0 Å². The van der Waals surface area contributed by atoms with Crippen LogP contribution in [0.15, 0.2) is 0 Å². The molecule has 0 aromatic rings. The highest BCUT2D eigenvalue weighted by Crippen LogP contribution is 2.07. The van der Waals surface area contributed by atoms with Crippen LogP contribution in [0.25, 0.3) is 0 Å². The lowest BCUT2D eigenvalue weighted by Crippen LogP contribution is -2.13. The molecule has 0 radical (unpaired) electrons. The monoisotopic (exact) mass is 176 g/mol. The Balaban J connectivity index is 3.42. The first-order valence-corrected chi connectivity index (χ1v) is 4.64. The van der Waals surface area contributed by atoms with Gasteiger partial charge in [0.2, 0.25) is 0 Å². The van der Waals surface area contributed by atoms with E-state index in [1.807, 2.05) is 0 Å². The van der Waals surface area contributed by atoms with E-state index in [2.05, 4.69) is 26.5 Å². The smallest absolute Gasteiger partial charge is 0.315 e. The Morgan fingerprint density at radius 3 is 2.36 bits per heavy atom. The van der Waals surface area contributed by atoms with Gasteiger partial charge in [0, 0.05) is 0 Å². The average Bonchev–Trinajstić information content (AvgIpc) is 2.06. The van der Waals surface area contributed by atoms with Crippen molar-refractivity contribution in [1.29, 1.82) is 0 Å². The molecule has 0 heterocycles. The number of esters is 1. The van der Waals surface area contributed by atoms with Gasteiger partial charge < -0.3 is 4.74 Å². The maximum Gasteiger partial charge on any atom is 0.315 e. The van der Waals surface area contributed by atoms with E-state index in [-0.39, 0.29) is 11.7 Å². The van der Waals surface area contributed by atoms with Crippen molar-refractivity contribution < 1.29 is 9.53 Å². The van der Waals surface area contributed by atoms with Crippen LogP contribution in [0.3, 0.4) is 0 Å². The number of carbonyl (C=O) groups excluding carboxylic acids is 1. The van der Waals surface area contributed by atoms with E-state index in [0.29, 0.717) is 12.5 Å². The number of rotatable bonds is 5. The first kappa shape index (κ1) is 10.8. The zero-order valence-corrected chi connectivity index (χ0v) is 8.06. The Morgan fingerprint density at radius 1 is 1.45 bits per heavy atom. The van der Waals surface area contributed by atoms with Crippen molar-refractivity contribution >= 4 is 18.6 Å². The molecule has 11 heavy (non-hydrogen) atoms. The third-order valence-electron chi connectivity index (χ3n) is 1.76. The molecule has 0 saturated heterocycles. The Morgan fingerprint density at radius 2 is 2.00 bits per heavy atom. The summed E-state index contributed by atoms with van der Waals surface area (Å²) < 4.78 is 4.92. The molecule has 0 rings (SSSR count). The van der Waals surface area contributed by atoms with Gasteiger partial charge in [-0.05, 0) is 5.92 Å². The maximum atomic E-state index is 10.6. The summed E-state index contributed by atoms with van der Waals surface area (Å²) in [4.78, 5) is 10.6. The fourth-order valence-corrected chi connectivity index (χ4v) is 0.872. The van der Waals surface area contributed by atoms with Crippen LogP contribution >= 0.6 is 12.6 Å². The first-order valence-electron chi connectivity index (χ1n) is 4.01. The second-order valence-electron chi connectivity index (χ2n) is 2.52. The summed E-state index contributed by atoms with van der Waals surface area (Å²) in [6.07, 6.45) is 2.13. The quantitative estimate of drug-likeness (QED) is 0.511. The molecule has 0 bridgehead atoms. The SMILES string of the molecule is CCC(CC)COC(=O)CS. The van der Waals surface area contributed by atoms with E-state index in [0.717, 1.165) is 12.8 Å². The molecule has 0 unspecified atom stereocenters. The van der Waals surface area contributed by atoms with Gasteiger partial charge in [-0.2, -0.15) is 12.6 Å². The molecule has 0 saturated carbocycles. The summed E-state index contributed by atoms with van der Waals surface area (Å²) in [5.74, 6) is 0.472. The number of carbonyl (C=O) groups is 1. The lowest BCUT2D eigenvalue weighted by atomic mass is 10.1. The summed E-state index contributed by atoms with van der Waals surface area (Å²) >= 11 is 3.80. The van der Waals surface area contributed by atoms with Gasteiger partial charge in [0.05, 0.1) is 12.4 Å². The van der Waals surface area contributed by atoms with E-state index >= 15 is 0 Å². The van der Waals surface area contributed by atoms with Crippen LogP contribution in [0.2, 0.25) is 0 Å². The largest absolute Gasteiger partial charge is 0.465 e. The van der Waals surface area contributed by atoms with Crippen molar-refractivity contribution in [1.82, 2.24) is 0 Å². The van der Waals surface area contributed by atoms with Gasteiger partial charge in [0.1, 0.15) is 0 Å². The second kappa shape index (κ2) is 6.53. The van der Waals surface area contributed by atoms with Crippen molar-refractivity contribution in [2.75, 3.05) is 12.4 Å². The molecule has 66 valence electrons. The maximum absolute atomic E-state index is 10.6. The number of thiol groups is 1. The van der Waals surface area contributed by atoms with Gasteiger partial charge in [-0.25, -0.2) is 0 Å². The molecule has 0 atom stereocenters. The molecular weight excluding hydrogens is 160 g/mol. The van der Waals surface area contributed by atoms with Crippen molar-refractivity contribution in [3.05, 3.63) is 0 Å². The highest BCUT2D eigenvalue weighted by Gasteiger charge is 2.05. The molecule has 2 nitrogen and oxygen atoms in total. The molecule has 0 N–H and O–H groups in total. The summed E-state index contributed by atoms with van der Waals surface area (Å²) in [6, 6.07) is 0. The topological polar surface area (TPSA) is 26.3 Å². The van der Waals surface area contributed by atoms with Crippen LogP contribution in [0.1, 0.15) is 26.7 Å². The first-order chi connectivity index (χ1) is 5.24. The van der Waals surface area contributed by atoms with E-state index in [1.54, 1.807) is 0 Å². The third kappa shape index (κ3) is 5.13. The van der Waals surface area contributed by atoms with E-state index in [1.165, 1.54) is 0 Å². The Kier molecular flexibility index (Phi) is 6.42. The minimum atomic E-state index is -0.222. The van der Waals surface area contributed by atoms with E-state index < -0.39 is 0 Å². The summed E-state index contributed by atoms with van der Waals surface area (Å²) in [6.45, 7) is 4.75. The van der Waals surface area contributed by atoms with Crippen molar-refractivity contribution in [3.8, 4) is 0 Å². The molecule has 0 aromatic carbocycles. The van der Waals surface area contributed by atoms with Gasteiger partial charge in [-0.15, -0.1) is 0 Å². The standard InChI is InChI=1S/C8H16O2S/c1-3-7(4-2)5-10-8(9)6-11/h7,11H,3-6H2,1-2H3. The molecule has 0 aliphatic heterocycles. The van der Waals surface area contributed by atoms with E-state index in [4.69, 9.17) is 4.74 Å². The molecular formula is C8H16O2S. The summed E-state index contributed by atoms with van der Waals surface area (Å²) in [7, 11) is 0. The normalized spacial score (nSPS) is 10.2. The number of ether oxygens (including phenoxy) is 1. The van der Waals surface area contributed by atoms with Crippen molar-refractivity contribution in [2.45, 2.75) is 26.7 Å². The van der Waals surface area contributed by atoms with E-state index in [9.17, 15) is 4.79 Å². The molecule has 0 aromatic heterocycles. The van der Waals surface area contributed by atoms with Crippen LogP contribution < -0.4 is 0 Å². The van der Waals surface area contributed by atoms with Gasteiger partial charge >= 0.3 is 5.97 Å². The van der Waals surface area contributed by atoms with Crippen LogP contribution in [0.4, 0.5) is 0 Å². The molecule has 3 heteroatoms. The van der Waals surface area contributed by atoms with Gasteiger partial charge in [0.15, 0.2) is 0 Å². The Hall–Kier alpha value is -0.180. The zero-order chi connectivity index (χ0) is 8.69. The molecule has 0 spiro atoms. The summed E-state index contributed by atoms with van der Waals surface area (Å²) in [5.41, 5.74) is 0. The highest BCUT2D eigenvalue weighted by atomic mass is 32.1. The minimum Gasteiger partial charge on any atom is -0.465 e. The van der Waals surface area contributed by atoms with Gasteiger partial charge in [-0.1, -0.05) is 26.7 Å². The molecule has 0 fully saturated rings. The highest BCUT2D eigenvalue weighted by molar-refractivity contribution is 7.81. The lowest BCUT2D eigenvalue weighted by molar-refractivity contribution is -0.141. The van der Waals surface area contributed by atoms with Crippen LogP contribution in [0, 0.1) is 5.92 Å². The fourth-order valence-electron chi connectivity index (χ4n) is 0.781. The average molecular weight is 176 g/mol. The zero-order valence-electron chi connectivity index (χ0n) is 7.17. The number of hydrogen-bond acceptors (Lipinski definition) is 3. The molecule has 0 aliphatic rings. The van der Waals surface area contributed by atoms with Crippen molar-refractivity contribution in [3.63, 3.8) is 0 Å². The minimum absolute atomic E-state index is 0.181. The second-order valence-corrected chi connectivity index (χ2v) is 2.84. The van der Waals surface area contributed by atoms with Crippen LogP contribution in [-0.2, 0) is 9.53 Å². The Bertz CT molecular complexity index is 111. The Labute approximate surface area is 73.7 Å². The predicted molar refractivity (Wildman–Crippen MR) is 48.9 cm³/mol. The molecule has 0 amide bonds. The van der Waals surface area contributed by atoms with Crippen molar-refractivity contribution in [2.24, 2.45) is 5.92 Å². The molecule has 0 aliphatic carbocycles. The lowest BCUT2D eigenvalue weighted by Gasteiger charge is -2.11. The fraction of sp³-hybridized carbons (Fsp3) is 0.875. The number of hydrogen-bond donors (Lipinski definition) is 1. The predicted octanol–water partition coefficient (Wildman–Crippen LogP) is 1.90. The third-order valence-corrected chi connectivity index (χ3v) is 2.02. The van der Waals surface area contributed by atoms with Gasteiger partial charge in [0.25, 0.3) is 0 Å².